The number of carbonyl (C=O) groups excluding carboxylic acids is 1. The third-order valence-electron chi connectivity index (χ3n) is 4.43. The van der Waals surface area contributed by atoms with Crippen molar-refractivity contribution in [3.05, 3.63) is 59.7 Å². The average Bonchev–Trinajstić information content (AvgIpc) is 2.63. The maximum Gasteiger partial charge on any atom is 0.310 e. The van der Waals surface area contributed by atoms with Gasteiger partial charge in [-0.2, -0.15) is 5.26 Å². The number of nitrogens with two attached hydrogens (primary N) is 1. The molecule has 0 saturated heterocycles. The molecule has 1 aromatic carbocycles. The van der Waals surface area contributed by atoms with E-state index < -0.39 is 5.92 Å². The standard InChI is InChI=1S/C21H26N2O2/c1-2-25-21(24)19(12-13-22)15-20(23)14-16-8-10-18(11-9-16)17-6-4-3-5-7-17/h3-6,8-11,17,19-20H,2,7,12,14-15,23H2,1H3/t17?,19-,20-/m1/s1. The third kappa shape index (κ3) is 5.88. The molecule has 0 fully saturated rings. The summed E-state index contributed by atoms with van der Waals surface area (Å²) in [5.41, 5.74) is 8.66. The number of allylic oxidation sites excluding steroid dienone is 4. The molecule has 4 heteroatoms. The van der Waals surface area contributed by atoms with Gasteiger partial charge in [-0.25, -0.2) is 0 Å². The highest BCUT2D eigenvalue weighted by molar-refractivity contribution is 5.72. The maximum atomic E-state index is 11.9. The van der Waals surface area contributed by atoms with Gasteiger partial charge in [0.25, 0.3) is 0 Å². The lowest BCUT2D eigenvalue weighted by Crippen LogP contribution is -2.30. The topological polar surface area (TPSA) is 76.1 Å². The molecule has 0 saturated carbocycles. The molecule has 1 aliphatic rings. The van der Waals surface area contributed by atoms with Crippen LogP contribution < -0.4 is 5.73 Å². The van der Waals surface area contributed by atoms with Crippen LogP contribution in [-0.4, -0.2) is 18.6 Å². The van der Waals surface area contributed by atoms with Gasteiger partial charge in [0.05, 0.1) is 18.6 Å². The Kier molecular flexibility index (Phi) is 7.43. The fourth-order valence-corrected chi connectivity index (χ4v) is 3.11. The Morgan fingerprint density at radius 2 is 2.12 bits per heavy atom. The van der Waals surface area contributed by atoms with Crippen molar-refractivity contribution in [2.24, 2.45) is 11.7 Å². The van der Waals surface area contributed by atoms with Gasteiger partial charge in [0.2, 0.25) is 0 Å². The largest absolute Gasteiger partial charge is 0.466 e. The Morgan fingerprint density at radius 3 is 2.72 bits per heavy atom. The van der Waals surface area contributed by atoms with Crippen LogP contribution >= 0.6 is 0 Å². The first-order valence-corrected chi connectivity index (χ1v) is 8.85. The van der Waals surface area contributed by atoms with Crippen molar-refractivity contribution < 1.29 is 9.53 Å². The number of benzene rings is 1. The lowest BCUT2D eigenvalue weighted by atomic mass is 9.90. The number of rotatable bonds is 8. The van der Waals surface area contributed by atoms with Crippen molar-refractivity contribution in [1.29, 1.82) is 5.26 Å². The Morgan fingerprint density at radius 1 is 1.36 bits per heavy atom. The summed E-state index contributed by atoms with van der Waals surface area (Å²) in [7, 11) is 0. The predicted octanol–water partition coefficient (Wildman–Crippen LogP) is 3.64. The summed E-state index contributed by atoms with van der Waals surface area (Å²) in [4.78, 5) is 11.9. The molecule has 1 aromatic rings. The van der Waals surface area contributed by atoms with Crippen molar-refractivity contribution in [3.8, 4) is 6.07 Å². The SMILES string of the molecule is CCOC(=O)[C@H](CC#N)C[C@H](N)Cc1ccc(C2C=CC=CC2)cc1. The smallest absolute Gasteiger partial charge is 0.310 e. The van der Waals surface area contributed by atoms with Gasteiger partial charge in [0, 0.05) is 18.4 Å². The first kappa shape index (κ1) is 19.0. The van der Waals surface area contributed by atoms with Crippen LogP contribution in [0.4, 0.5) is 0 Å². The summed E-state index contributed by atoms with van der Waals surface area (Å²) in [5.74, 6) is -0.332. The Bertz CT molecular complexity index is 655. The molecular weight excluding hydrogens is 312 g/mol. The fraction of sp³-hybridized carbons (Fsp3) is 0.429. The molecular formula is C21H26N2O2. The fourth-order valence-electron chi connectivity index (χ4n) is 3.11. The number of carbonyl (C=O) groups is 1. The molecule has 2 N–H and O–H groups in total. The normalized spacial score (nSPS) is 18.4. The Labute approximate surface area is 150 Å². The highest BCUT2D eigenvalue weighted by Gasteiger charge is 2.22. The van der Waals surface area contributed by atoms with Gasteiger partial charge in [0.1, 0.15) is 0 Å². The van der Waals surface area contributed by atoms with Gasteiger partial charge in [0.15, 0.2) is 0 Å². The van der Waals surface area contributed by atoms with Gasteiger partial charge in [-0.15, -0.1) is 0 Å². The Hall–Kier alpha value is -2.38. The summed E-state index contributed by atoms with van der Waals surface area (Å²) < 4.78 is 5.03. The summed E-state index contributed by atoms with van der Waals surface area (Å²) in [6, 6.07) is 10.4. The molecule has 4 nitrogen and oxygen atoms in total. The van der Waals surface area contributed by atoms with Crippen LogP contribution in [0.15, 0.2) is 48.6 Å². The second-order valence-corrected chi connectivity index (χ2v) is 6.41. The number of ether oxygens (including phenoxy) is 1. The monoisotopic (exact) mass is 338 g/mol. The highest BCUT2D eigenvalue weighted by atomic mass is 16.5. The van der Waals surface area contributed by atoms with Crippen LogP contribution in [-0.2, 0) is 16.0 Å². The van der Waals surface area contributed by atoms with Crippen molar-refractivity contribution >= 4 is 5.97 Å². The molecule has 0 radical (unpaired) electrons. The zero-order valence-corrected chi connectivity index (χ0v) is 14.7. The van der Waals surface area contributed by atoms with Crippen LogP contribution in [0.2, 0.25) is 0 Å². The minimum absolute atomic E-state index is 0.146. The van der Waals surface area contributed by atoms with E-state index in [4.69, 9.17) is 15.7 Å². The number of hydrogen-bond acceptors (Lipinski definition) is 4. The van der Waals surface area contributed by atoms with E-state index in [-0.39, 0.29) is 18.4 Å². The minimum atomic E-state index is -0.446. The maximum absolute atomic E-state index is 11.9. The van der Waals surface area contributed by atoms with E-state index in [9.17, 15) is 4.79 Å². The van der Waals surface area contributed by atoms with Crippen molar-refractivity contribution in [3.63, 3.8) is 0 Å². The molecule has 0 aromatic heterocycles. The van der Waals surface area contributed by atoms with Crippen LogP contribution in [0.25, 0.3) is 0 Å². The molecule has 1 unspecified atom stereocenters. The number of nitrogens with zero attached hydrogens (tertiary/aromatic N) is 1. The average molecular weight is 338 g/mol. The molecule has 0 heterocycles. The Balaban J connectivity index is 1.91. The summed E-state index contributed by atoms with van der Waals surface area (Å²) in [5, 5.41) is 8.90. The van der Waals surface area contributed by atoms with Gasteiger partial charge in [-0.1, -0.05) is 48.6 Å². The van der Waals surface area contributed by atoms with Crippen molar-refractivity contribution in [1.82, 2.24) is 0 Å². The molecule has 0 amide bonds. The molecule has 0 spiro atoms. The molecule has 1 aliphatic carbocycles. The van der Waals surface area contributed by atoms with Gasteiger partial charge in [-0.05, 0) is 37.3 Å². The summed E-state index contributed by atoms with van der Waals surface area (Å²) in [6.07, 6.45) is 10.9. The zero-order valence-electron chi connectivity index (χ0n) is 14.7. The molecule has 132 valence electrons. The van der Waals surface area contributed by atoms with Crippen LogP contribution in [0, 0.1) is 17.2 Å². The van der Waals surface area contributed by atoms with Gasteiger partial charge >= 0.3 is 5.97 Å². The minimum Gasteiger partial charge on any atom is -0.466 e. The number of hydrogen-bond donors (Lipinski definition) is 1. The van der Waals surface area contributed by atoms with Crippen LogP contribution in [0.5, 0.6) is 0 Å². The first-order chi connectivity index (χ1) is 12.1. The molecule has 25 heavy (non-hydrogen) atoms. The van der Waals surface area contributed by atoms with Crippen molar-refractivity contribution in [2.45, 2.75) is 44.6 Å². The molecule has 0 bridgehead atoms. The predicted molar refractivity (Wildman–Crippen MR) is 98.7 cm³/mol. The van der Waals surface area contributed by atoms with Crippen LogP contribution in [0.1, 0.15) is 43.2 Å². The van der Waals surface area contributed by atoms with E-state index in [1.165, 1.54) is 5.56 Å². The van der Waals surface area contributed by atoms with E-state index in [2.05, 4.69) is 54.6 Å². The number of nitriles is 1. The van der Waals surface area contributed by atoms with E-state index >= 15 is 0 Å². The highest BCUT2D eigenvalue weighted by Crippen LogP contribution is 2.25. The van der Waals surface area contributed by atoms with Crippen molar-refractivity contribution in [2.75, 3.05) is 6.61 Å². The zero-order chi connectivity index (χ0) is 18.1. The van der Waals surface area contributed by atoms with Gasteiger partial charge < -0.3 is 10.5 Å². The lowest BCUT2D eigenvalue weighted by Gasteiger charge is -2.18. The first-order valence-electron chi connectivity index (χ1n) is 8.85. The quantitative estimate of drug-likeness (QED) is 0.734. The van der Waals surface area contributed by atoms with E-state index in [1.807, 2.05) is 0 Å². The van der Waals surface area contributed by atoms with Crippen LogP contribution in [0.3, 0.4) is 0 Å². The second-order valence-electron chi connectivity index (χ2n) is 6.41. The molecule has 3 atom stereocenters. The lowest BCUT2D eigenvalue weighted by molar-refractivity contribution is -0.148. The van der Waals surface area contributed by atoms with E-state index in [0.717, 1.165) is 12.0 Å². The molecule has 2 rings (SSSR count). The molecule has 0 aliphatic heterocycles. The number of esters is 1. The second kappa shape index (κ2) is 9.80. The van der Waals surface area contributed by atoms with E-state index in [0.29, 0.717) is 25.4 Å². The third-order valence-corrected chi connectivity index (χ3v) is 4.43. The summed E-state index contributed by atoms with van der Waals surface area (Å²) >= 11 is 0. The summed E-state index contributed by atoms with van der Waals surface area (Å²) in [6.45, 7) is 2.09. The van der Waals surface area contributed by atoms with Gasteiger partial charge in [-0.3, -0.25) is 4.79 Å². The van der Waals surface area contributed by atoms with E-state index in [1.54, 1.807) is 6.92 Å².